The smallest absolute Gasteiger partial charge is 0.317 e. The molecule has 1 fully saturated rings. The second kappa shape index (κ2) is 9.40. The van der Waals surface area contributed by atoms with Crippen LogP contribution in [-0.4, -0.2) is 25.2 Å². The lowest BCUT2D eigenvalue weighted by molar-refractivity contribution is -0.154. The number of allylic oxidation sites excluding steroid dienone is 1. The number of carbonyl (C=O) groups is 2. The van der Waals surface area contributed by atoms with Crippen molar-refractivity contribution in [1.29, 1.82) is 0 Å². The molecule has 0 bridgehead atoms. The average Bonchev–Trinajstić information content (AvgIpc) is 3.22. The molecule has 0 aromatic carbocycles. The molecule has 0 spiro atoms. The molecule has 2 aliphatic carbocycles. The summed E-state index contributed by atoms with van der Waals surface area (Å²) in [7, 11) is 0. The van der Waals surface area contributed by atoms with Crippen LogP contribution in [0.1, 0.15) is 71.8 Å². The van der Waals surface area contributed by atoms with Gasteiger partial charge in [0.15, 0.2) is 0 Å². The molecule has 1 aromatic heterocycles. The van der Waals surface area contributed by atoms with Gasteiger partial charge in [0.2, 0.25) is 0 Å². The van der Waals surface area contributed by atoms with E-state index in [1.54, 1.807) is 13.2 Å². The van der Waals surface area contributed by atoms with Crippen molar-refractivity contribution in [1.82, 2.24) is 0 Å². The highest BCUT2D eigenvalue weighted by molar-refractivity contribution is 5.91. The number of furan rings is 1. The molecule has 4 atom stereocenters. The van der Waals surface area contributed by atoms with Crippen molar-refractivity contribution in [2.45, 2.75) is 72.6 Å². The van der Waals surface area contributed by atoms with Crippen LogP contribution in [0.15, 0.2) is 34.7 Å². The molecule has 4 unspecified atom stereocenters. The number of aryl methyl sites for hydroxylation is 1. The molecule has 30 heavy (non-hydrogen) atoms. The van der Waals surface area contributed by atoms with E-state index in [1.807, 2.05) is 6.26 Å². The largest absolute Gasteiger partial charge is 0.472 e. The summed E-state index contributed by atoms with van der Waals surface area (Å²) in [5.74, 6) is 0.159. The third-order valence-electron chi connectivity index (χ3n) is 7.88. The first-order valence-electron chi connectivity index (χ1n) is 11.3. The number of hydrogen-bond donors (Lipinski definition) is 0. The van der Waals surface area contributed by atoms with Gasteiger partial charge in [-0.2, -0.15) is 0 Å². The van der Waals surface area contributed by atoms with Gasteiger partial charge in [-0.3, -0.25) is 9.59 Å². The van der Waals surface area contributed by atoms with Crippen molar-refractivity contribution in [3.8, 4) is 0 Å². The fourth-order valence-corrected chi connectivity index (χ4v) is 5.81. The fraction of sp³-hybridized carbons (Fsp3) is 0.680. The molecule has 0 N–H and O–H groups in total. The first-order valence-corrected chi connectivity index (χ1v) is 11.3. The third kappa shape index (κ3) is 4.65. The van der Waals surface area contributed by atoms with Gasteiger partial charge in [-0.15, -0.1) is 0 Å². The third-order valence-corrected chi connectivity index (χ3v) is 7.88. The Hall–Kier alpha value is -2.04. The number of ether oxygens (including phenoxy) is 2. The van der Waals surface area contributed by atoms with Crippen LogP contribution in [0.4, 0.5) is 0 Å². The van der Waals surface area contributed by atoms with Crippen molar-refractivity contribution in [3.63, 3.8) is 0 Å². The van der Waals surface area contributed by atoms with Gasteiger partial charge in [0, 0.05) is 0 Å². The van der Waals surface area contributed by atoms with Crippen LogP contribution in [0.5, 0.6) is 0 Å². The summed E-state index contributed by atoms with van der Waals surface area (Å²) in [6, 6.07) is 2.06. The Balaban J connectivity index is 1.69. The zero-order valence-electron chi connectivity index (χ0n) is 18.9. The molecule has 166 valence electrons. The molecular formula is C25H36O5. The SMILES string of the molecule is CCOC(=O)CC(=O)OCC1=CCCC2C1(C)CCC(C)C2(C)CCc1ccoc1. The molecule has 0 aliphatic heterocycles. The summed E-state index contributed by atoms with van der Waals surface area (Å²) in [5, 5.41) is 0. The van der Waals surface area contributed by atoms with Gasteiger partial charge in [0.25, 0.3) is 0 Å². The molecule has 5 nitrogen and oxygen atoms in total. The van der Waals surface area contributed by atoms with Crippen LogP contribution in [0, 0.1) is 22.7 Å². The second-order valence-electron chi connectivity index (χ2n) is 9.50. The van der Waals surface area contributed by atoms with Crippen molar-refractivity contribution in [2.24, 2.45) is 22.7 Å². The molecular weight excluding hydrogens is 380 g/mol. The van der Waals surface area contributed by atoms with Crippen molar-refractivity contribution >= 4 is 11.9 Å². The number of rotatable bonds is 8. The molecule has 0 amide bonds. The van der Waals surface area contributed by atoms with Gasteiger partial charge in [-0.25, -0.2) is 0 Å². The minimum absolute atomic E-state index is 0.0279. The van der Waals surface area contributed by atoms with E-state index < -0.39 is 11.9 Å². The van der Waals surface area contributed by atoms with Crippen LogP contribution < -0.4 is 0 Å². The predicted octanol–water partition coefficient (Wildman–Crippen LogP) is 5.49. The standard InChI is InChI=1S/C25H36O5/c1-5-29-22(26)15-23(27)30-17-20-7-6-8-21-24(3,13-10-19-11-14-28-16-19)18(2)9-12-25(20,21)4/h7,11,14,16,18,21H,5-6,8-10,12-13,15,17H2,1-4H3. The maximum absolute atomic E-state index is 12.1. The highest BCUT2D eigenvalue weighted by atomic mass is 16.6. The molecule has 2 aliphatic rings. The Morgan fingerprint density at radius 1 is 1.20 bits per heavy atom. The Kier molecular flexibility index (Phi) is 7.10. The topological polar surface area (TPSA) is 65.7 Å². The molecule has 1 aromatic rings. The average molecular weight is 417 g/mol. The van der Waals surface area contributed by atoms with Gasteiger partial charge in [0.05, 0.1) is 19.1 Å². The summed E-state index contributed by atoms with van der Waals surface area (Å²) in [4.78, 5) is 23.6. The first kappa shape index (κ1) is 22.6. The van der Waals surface area contributed by atoms with Crippen LogP contribution in [0.3, 0.4) is 0 Å². The summed E-state index contributed by atoms with van der Waals surface area (Å²) in [6.45, 7) is 9.47. The Morgan fingerprint density at radius 3 is 2.67 bits per heavy atom. The van der Waals surface area contributed by atoms with Gasteiger partial charge >= 0.3 is 11.9 Å². The van der Waals surface area contributed by atoms with E-state index in [9.17, 15) is 9.59 Å². The quantitative estimate of drug-likeness (QED) is 0.319. The molecule has 0 saturated heterocycles. The van der Waals surface area contributed by atoms with Crippen molar-refractivity contribution in [2.75, 3.05) is 13.2 Å². The van der Waals surface area contributed by atoms with Crippen LogP contribution in [-0.2, 0) is 25.5 Å². The van der Waals surface area contributed by atoms with E-state index in [2.05, 4.69) is 32.9 Å². The number of fused-ring (bicyclic) bond motifs is 1. The number of esters is 2. The van der Waals surface area contributed by atoms with Crippen molar-refractivity contribution < 1.29 is 23.5 Å². The highest BCUT2D eigenvalue weighted by Crippen LogP contribution is 2.61. The normalized spacial score (nSPS) is 30.9. The minimum Gasteiger partial charge on any atom is -0.472 e. The molecule has 1 heterocycles. The summed E-state index contributed by atoms with van der Waals surface area (Å²) < 4.78 is 15.6. The maximum Gasteiger partial charge on any atom is 0.317 e. The second-order valence-corrected chi connectivity index (χ2v) is 9.50. The summed E-state index contributed by atoms with van der Waals surface area (Å²) >= 11 is 0. The zero-order chi connectivity index (χ0) is 21.8. The molecule has 5 heteroatoms. The lowest BCUT2D eigenvalue weighted by Gasteiger charge is -2.58. The Bertz CT molecular complexity index is 765. The van der Waals surface area contributed by atoms with E-state index in [4.69, 9.17) is 13.9 Å². The molecule has 3 rings (SSSR count). The lowest BCUT2D eigenvalue weighted by Crippen LogP contribution is -2.50. The first-order chi connectivity index (χ1) is 14.3. The maximum atomic E-state index is 12.1. The molecule has 0 radical (unpaired) electrons. The van der Waals surface area contributed by atoms with E-state index in [0.29, 0.717) is 11.8 Å². The van der Waals surface area contributed by atoms with E-state index in [-0.39, 0.29) is 30.5 Å². The van der Waals surface area contributed by atoms with E-state index in [0.717, 1.165) is 25.7 Å². The van der Waals surface area contributed by atoms with Gasteiger partial charge in [0.1, 0.15) is 13.0 Å². The van der Waals surface area contributed by atoms with E-state index in [1.165, 1.54) is 24.0 Å². The van der Waals surface area contributed by atoms with E-state index >= 15 is 0 Å². The van der Waals surface area contributed by atoms with Gasteiger partial charge < -0.3 is 13.9 Å². The Labute approximate surface area is 180 Å². The monoisotopic (exact) mass is 416 g/mol. The predicted molar refractivity (Wildman–Crippen MR) is 115 cm³/mol. The summed E-state index contributed by atoms with van der Waals surface area (Å²) in [5.41, 5.74) is 2.73. The van der Waals surface area contributed by atoms with Crippen LogP contribution in [0.2, 0.25) is 0 Å². The lowest BCUT2D eigenvalue weighted by atomic mass is 9.47. The molecule has 1 saturated carbocycles. The zero-order valence-corrected chi connectivity index (χ0v) is 18.9. The Morgan fingerprint density at radius 2 is 1.97 bits per heavy atom. The summed E-state index contributed by atoms with van der Waals surface area (Å²) in [6.07, 6.45) is 12.2. The highest BCUT2D eigenvalue weighted by Gasteiger charge is 2.53. The van der Waals surface area contributed by atoms with Crippen LogP contribution >= 0.6 is 0 Å². The van der Waals surface area contributed by atoms with Gasteiger partial charge in [-0.1, -0.05) is 26.8 Å². The van der Waals surface area contributed by atoms with Gasteiger partial charge in [-0.05, 0) is 85.3 Å². The number of hydrogen-bond acceptors (Lipinski definition) is 5. The van der Waals surface area contributed by atoms with Crippen molar-refractivity contribution in [3.05, 3.63) is 35.8 Å². The van der Waals surface area contributed by atoms with Crippen LogP contribution in [0.25, 0.3) is 0 Å². The fourth-order valence-electron chi connectivity index (χ4n) is 5.81. The number of carbonyl (C=O) groups excluding carboxylic acids is 2. The minimum atomic E-state index is -0.525.